The van der Waals surface area contributed by atoms with Crippen molar-refractivity contribution in [3.05, 3.63) is 96.1 Å². The summed E-state index contributed by atoms with van der Waals surface area (Å²) in [5.74, 6) is -7.76. The summed E-state index contributed by atoms with van der Waals surface area (Å²) in [6, 6.07) is 26.1. The van der Waals surface area contributed by atoms with Gasteiger partial charge in [0.05, 0.1) is 34.8 Å². The van der Waals surface area contributed by atoms with E-state index >= 15 is 0 Å². The Bertz CT molecular complexity index is 2250. The monoisotopic (exact) mass is 921 g/mol. The van der Waals surface area contributed by atoms with Crippen molar-refractivity contribution in [3.8, 4) is 0 Å². The van der Waals surface area contributed by atoms with Gasteiger partial charge in [0.1, 0.15) is 12.2 Å². The van der Waals surface area contributed by atoms with Gasteiger partial charge in [-0.1, -0.05) is 72.8 Å². The average molecular weight is 923 g/mol. The lowest BCUT2D eigenvalue weighted by atomic mass is 9.56. The molecule has 10 unspecified atom stereocenters. The number of halogens is 1. The summed E-state index contributed by atoms with van der Waals surface area (Å²) < 4.78 is 12.6. The standard InChI is InChI=1S/C52H63N5O8.ClH/c1-56(2)27-11-25-53-47(58)43-33-21-23-39(41(29-33)64-51(62)37-19-9-15-31-13-5-7-17-35(31)37)45(43)49(60)55-50(61)46-40-24-22-34(44(46)48(59)54-26-12-28-57(3)4)30-42(40)65-52(63)38-20-10-16-32-14-6-8-18-36(32)38;/h5-10,13-20,33-34,39-46H,11-12,21-30H2,1-4H3,(H,53,58)(H,54,59)(H,55,60,61);1H. The van der Waals surface area contributed by atoms with Crippen molar-refractivity contribution in [2.75, 3.05) is 54.4 Å². The van der Waals surface area contributed by atoms with Crippen molar-refractivity contribution in [3.63, 3.8) is 0 Å². The van der Waals surface area contributed by atoms with Crippen LogP contribution in [0.5, 0.6) is 0 Å². The molecule has 4 aromatic carbocycles. The zero-order valence-corrected chi connectivity index (χ0v) is 39.2. The van der Waals surface area contributed by atoms with Crippen LogP contribution in [0, 0.1) is 47.3 Å². The van der Waals surface area contributed by atoms with Crippen LogP contribution in [0.3, 0.4) is 0 Å². The van der Waals surface area contributed by atoms with E-state index in [1.807, 2.05) is 111 Å². The van der Waals surface area contributed by atoms with E-state index in [0.717, 1.165) is 47.5 Å². The second kappa shape index (κ2) is 21.5. The molecular formula is C52H64ClN5O8. The first-order valence-electron chi connectivity index (χ1n) is 23.5. The fourth-order valence-electron chi connectivity index (χ4n) is 11.6. The van der Waals surface area contributed by atoms with Gasteiger partial charge < -0.3 is 29.9 Å². The number of benzene rings is 4. The van der Waals surface area contributed by atoms with Gasteiger partial charge in [-0.3, -0.25) is 24.5 Å². The van der Waals surface area contributed by atoms with Gasteiger partial charge in [-0.15, -0.1) is 12.4 Å². The molecule has 6 fully saturated rings. The van der Waals surface area contributed by atoms with Crippen LogP contribution in [0.2, 0.25) is 0 Å². The van der Waals surface area contributed by atoms with E-state index in [-0.39, 0.29) is 36.1 Å². The third-order valence-electron chi connectivity index (χ3n) is 14.6. The van der Waals surface area contributed by atoms with Crippen LogP contribution in [0.4, 0.5) is 0 Å². The van der Waals surface area contributed by atoms with Crippen LogP contribution in [0.1, 0.15) is 72.1 Å². The van der Waals surface area contributed by atoms with Gasteiger partial charge in [0.25, 0.3) is 0 Å². The molecular weight excluding hydrogens is 858 g/mol. The third-order valence-corrected chi connectivity index (χ3v) is 14.6. The lowest BCUT2D eigenvalue weighted by Crippen LogP contribution is -2.61. The zero-order chi connectivity index (χ0) is 45.8. The molecule has 4 amide bonds. The Hall–Kier alpha value is -5.37. The highest BCUT2D eigenvalue weighted by molar-refractivity contribution is 6.06. The number of rotatable bonds is 16. The quantitative estimate of drug-likeness (QED) is 0.0664. The van der Waals surface area contributed by atoms with Crippen LogP contribution < -0.4 is 16.0 Å². The Morgan fingerprint density at radius 3 is 1.32 bits per heavy atom. The van der Waals surface area contributed by atoms with Crippen molar-refractivity contribution >= 4 is 69.5 Å². The van der Waals surface area contributed by atoms with Crippen molar-refractivity contribution in [2.24, 2.45) is 47.3 Å². The average Bonchev–Trinajstić information content (AvgIpc) is 3.30. The molecule has 66 heavy (non-hydrogen) atoms. The van der Waals surface area contributed by atoms with Crippen LogP contribution in [-0.4, -0.2) is 112 Å². The van der Waals surface area contributed by atoms with Gasteiger partial charge in [-0.2, -0.15) is 0 Å². The maximum absolute atomic E-state index is 14.9. The van der Waals surface area contributed by atoms with E-state index in [9.17, 15) is 28.8 Å². The van der Waals surface area contributed by atoms with E-state index in [4.69, 9.17) is 9.47 Å². The third kappa shape index (κ3) is 10.4. The normalized spacial score (nSPS) is 26.4. The van der Waals surface area contributed by atoms with E-state index in [0.29, 0.717) is 62.7 Å². The summed E-state index contributed by atoms with van der Waals surface area (Å²) >= 11 is 0. The topological polar surface area (TPSA) is 163 Å². The van der Waals surface area contributed by atoms with Crippen LogP contribution in [-0.2, 0) is 28.7 Å². The Balaban J connectivity index is 0.00000648. The summed E-state index contributed by atoms with van der Waals surface area (Å²) in [5.41, 5.74) is 0.843. The number of hydrogen-bond donors (Lipinski definition) is 3. The first-order valence-corrected chi connectivity index (χ1v) is 23.5. The first-order chi connectivity index (χ1) is 31.4. The molecule has 0 spiro atoms. The summed E-state index contributed by atoms with van der Waals surface area (Å²) in [7, 11) is 7.86. The molecule has 13 nitrogen and oxygen atoms in total. The largest absolute Gasteiger partial charge is 0.458 e. The fraction of sp³-hybridized carbons (Fsp3) is 0.500. The minimum Gasteiger partial charge on any atom is -0.458 e. The highest BCUT2D eigenvalue weighted by Gasteiger charge is 2.58. The molecule has 6 aliphatic rings. The highest BCUT2D eigenvalue weighted by Crippen LogP contribution is 2.52. The first kappa shape index (κ1) is 48.6. The molecule has 0 radical (unpaired) electrons. The van der Waals surface area contributed by atoms with Gasteiger partial charge in [0.15, 0.2) is 0 Å². The van der Waals surface area contributed by atoms with Gasteiger partial charge >= 0.3 is 11.9 Å². The lowest BCUT2D eigenvalue weighted by molar-refractivity contribution is -0.162. The lowest BCUT2D eigenvalue weighted by Gasteiger charge is -2.51. The summed E-state index contributed by atoms with van der Waals surface area (Å²) in [5, 5.41) is 12.2. The molecule has 10 rings (SSSR count). The molecule has 4 bridgehead atoms. The molecule has 3 N–H and O–H groups in total. The number of nitrogens with zero attached hydrogens (tertiary/aromatic N) is 2. The van der Waals surface area contributed by atoms with Gasteiger partial charge in [-0.25, -0.2) is 9.59 Å². The molecule has 0 aliphatic heterocycles. The Kier molecular flexibility index (Phi) is 15.8. The van der Waals surface area contributed by atoms with Crippen molar-refractivity contribution < 1.29 is 38.2 Å². The maximum atomic E-state index is 14.9. The van der Waals surface area contributed by atoms with E-state index in [1.54, 1.807) is 12.1 Å². The molecule has 6 saturated carbocycles. The molecule has 0 saturated heterocycles. The number of amides is 4. The number of esters is 2. The van der Waals surface area contributed by atoms with Crippen LogP contribution in [0.15, 0.2) is 84.9 Å². The number of nitrogens with one attached hydrogen (secondary N) is 3. The number of fused-ring (bicyclic) bond motifs is 8. The van der Waals surface area contributed by atoms with Crippen LogP contribution in [0.25, 0.3) is 21.5 Å². The fourth-order valence-corrected chi connectivity index (χ4v) is 11.6. The summed E-state index contributed by atoms with van der Waals surface area (Å²) in [4.78, 5) is 90.2. The molecule has 4 aromatic rings. The van der Waals surface area contributed by atoms with Gasteiger partial charge in [-0.05, 0) is 138 Å². The molecule has 352 valence electrons. The van der Waals surface area contributed by atoms with Gasteiger partial charge in [0.2, 0.25) is 23.6 Å². The minimum atomic E-state index is -0.968. The smallest absolute Gasteiger partial charge is 0.339 e. The van der Waals surface area contributed by atoms with E-state index in [1.165, 1.54) is 0 Å². The number of imide groups is 1. The summed E-state index contributed by atoms with van der Waals surface area (Å²) in [6.45, 7) is 2.39. The number of carbonyl (C=O) groups excluding carboxylic acids is 6. The van der Waals surface area contributed by atoms with Crippen molar-refractivity contribution in [2.45, 2.75) is 63.6 Å². The highest BCUT2D eigenvalue weighted by atomic mass is 35.5. The second-order valence-electron chi connectivity index (χ2n) is 19.3. The molecule has 6 aliphatic carbocycles. The van der Waals surface area contributed by atoms with Crippen molar-refractivity contribution in [1.82, 2.24) is 25.8 Å². The minimum absolute atomic E-state index is 0. The summed E-state index contributed by atoms with van der Waals surface area (Å²) in [6.07, 6.45) is 3.37. The predicted octanol–water partition coefficient (Wildman–Crippen LogP) is 6.27. The molecule has 10 atom stereocenters. The number of carbonyl (C=O) groups is 6. The molecule has 14 heteroatoms. The Morgan fingerprint density at radius 2 is 0.909 bits per heavy atom. The van der Waals surface area contributed by atoms with Crippen LogP contribution >= 0.6 is 12.4 Å². The Morgan fingerprint density at radius 1 is 0.515 bits per heavy atom. The molecule has 0 heterocycles. The maximum Gasteiger partial charge on any atom is 0.339 e. The molecule has 0 aromatic heterocycles. The number of hydrogen-bond acceptors (Lipinski definition) is 10. The Labute approximate surface area is 393 Å². The number of ether oxygens (including phenoxy) is 2. The SMILES string of the molecule is CN(C)CCCNC(=O)C1C2CCC(C(OC(=O)c3cccc4ccccc34)C2)C1C(=O)NC(=O)C1C2CCC(CC2OC(=O)c2cccc3ccccc23)C1C(=O)NCCCN(C)C.Cl. The van der Waals surface area contributed by atoms with E-state index in [2.05, 4.69) is 16.0 Å². The van der Waals surface area contributed by atoms with E-state index < -0.39 is 71.5 Å². The van der Waals surface area contributed by atoms with Crippen molar-refractivity contribution in [1.29, 1.82) is 0 Å². The van der Waals surface area contributed by atoms with Gasteiger partial charge in [0, 0.05) is 24.9 Å². The second-order valence-corrected chi connectivity index (χ2v) is 19.3. The predicted molar refractivity (Wildman–Crippen MR) is 255 cm³/mol. The zero-order valence-electron chi connectivity index (χ0n) is 38.4.